The van der Waals surface area contributed by atoms with E-state index in [0.717, 1.165) is 4.31 Å². The summed E-state index contributed by atoms with van der Waals surface area (Å²) in [5.41, 5.74) is 0.164. The number of hydrogen-bond donors (Lipinski definition) is 2. The number of carboxylic acid groups (broad SMARTS) is 1. The van der Waals surface area contributed by atoms with E-state index < -0.39 is 28.0 Å². The Bertz CT molecular complexity index is 744. The third kappa shape index (κ3) is 5.26. The van der Waals surface area contributed by atoms with Crippen LogP contribution in [0.25, 0.3) is 0 Å². The summed E-state index contributed by atoms with van der Waals surface area (Å²) in [5.74, 6) is -2.30. The number of rotatable bonds is 8. The molecule has 0 saturated heterocycles. The number of nitrogens with one attached hydrogen (secondary N) is 1. The van der Waals surface area contributed by atoms with E-state index >= 15 is 0 Å². The minimum Gasteiger partial charge on any atom is -0.480 e. The van der Waals surface area contributed by atoms with Crippen LogP contribution >= 0.6 is 0 Å². The van der Waals surface area contributed by atoms with Crippen molar-refractivity contribution in [1.82, 2.24) is 9.62 Å². The van der Waals surface area contributed by atoms with Gasteiger partial charge in [-0.15, -0.1) is 0 Å². The maximum Gasteiger partial charge on any atom is 0.337 e. The molecular weight excluding hydrogens is 352 g/mol. The molecule has 0 aliphatic heterocycles. The molecule has 0 radical (unpaired) electrons. The van der Waals surface area contributed by atoms with Crippen LogP contribution in [0.15, 0.2) is 29.2 Å². The predicted molar refractivity (Wildman–Crippen MR) is 87.5 cm³/mol. The zero-order chi connectivity index (χ0) is 19.2. The topological polar surface area (TPSA) is 130 Å². The first-order valence-electron chi connectivity index (χ1n) is 7.28. The van der Waals surface area contributed by atoms with E-state index in [-0.39, 0.29) is 29.5 Å². The molecule has 0 saturated carbocycles. The van der Waals surface area contributed by atoms with Crippen LogP contribution in [0.1, 0.15) is 24.2 Å². The number of benzene rings is 1. The second-order valence-corrected chi connectivity index (χ2v) is 7.02. The number of carboxylic acids is 1. The van der Waals surface area contributed by atoms with Crippen molar-refractivity contribution in [3.8, 4) is 0 Å². The summed E-state index contributed by atoms with van der Waals surface area (Å²) in [5, 5.41) is 11.6. The molecule has 0 fully saturated rings. The first-order chi connectivity index (χ1) is 11.6. The smallest absolute Gasteiger partial charge is 0.337 e. The SMILES string of the molecule is COC(=O)c1ccc(S(=O)(=O)N(CCNC(C)=O)C(C)C(=O)O)cc1. The Kier molecular flexibility index (Phi) is 7.07. The van der Waals surface area contributed by atoms with Crippen LogP contribution in [-0.4, -0.2) is 61.9 Å². The highest BCUT2D eigenvalue weighted by molar-refractivity contribution is 7.89. The lowest BCUT2D eigenvalue weighted by Gasteiger charge is -2.25. The zero-order valence-corrected chi connectivity index (χ0v) is 14.9. The van der Waals surface area contributed by atoms with Crippen molar-refractivity contribution in [1.29, 1.82) is 0 Å². The third-order valence-electron chi connectivity index (χ3n) is 3.38. The maximum atomic E-state index is 12.7. The van der Waals surface area contributed by atoms with Gasteiger partial charge in [-0.05, 0) is 31.2 Å². The van der Waals surface area contributed by atoms with E-state index in [1.165, 1.54) is 45.2 Å². The summed E-state index contributed by atoms with van der Waals surface area (Å²) in [6.45, 7) is 2.25. The minimum absolute atomic E-state index is 0.0353. The first kappa shape index (κ1) is 20.6. The van der Waals surface area contributed by atoms with Crippen molar-refractivity contribution in [3.05, 3.63) is 29.8 Å². The Morgan fingerprint density at radius 1 is 1.24 bits per heavy atom. The lowest BCUT2D eigenvalue weighted by Crippen LogP contribution is -2.46. The molecular formula is C15H20N2O7S. The fourth-order valence-electron chi connectivity index (χ4n) is 2.00. The normalized spacial score (nSPS) is 12.5. The number of esters is 1. The van der Waals surface area contributed by atoms with Gasteiger partial charge in [0.2, 0.25) is 15.9 Å². The van der Waals surface area contributed by atoms with Gasteiger partial charge in [-0.3, -0.25) is 9.59 Å². The Hall–Kier alpha value is -2.46. The molecule has 1 amide bonds. The number of methoxy groups -OCH3 is 1. The van der Waals surface area contributed by atoms with Crippen LogP contribution in [0.5, 0.6) is 0 Å². The van der Waals surface area contributed by atoms with Crippen molar-refractivity contribution in [2.45, 2.75) is 24.8 Å². The highest BCUT2D eigenvalue weighted by atomic mass is 32.2. The molecule has 0 aliphatic rings. The Morgan fingerprint density at radius 2 is 1.80 bits per heavy atom. The van der Waals surface area contributed by atoms with E-state index in [2.05, 4.69) is 10.1 Å². The number of amides is 1. The number of aliphatic carboxylic acids is 1. The molecule has 2 N–H and O–H groups in total. The van der Waals surface area contributed by atoms with Gasteiger partial charge in [-0.25, -0.2) is 13.2 Å². The molecule has 1 aromatic carbocycles. The number of nitrogens with zero attached hydrogens (tertiary/aromatic N) is 1. The van der Waals surface area contributed by atoms with Gasteiger partial charge >= 0.3 is 11.9 Å². The van der Waals surface area contributed by atoms with Gasteiger partial charge in [0.15, 0.2) is 0 Å². The number of sulfonamides is 1. The molecule has 9 nitrogen and oxygen atoms in total. The van der Waals surface area contributed by atoms with Crippen molar-refractivity contribution in [3.63, 3.8) is 0 Å². The Morgan fingerprint density at radius 3 is 2.24 bits per heavy atom. The van der Waals surface area contributed by atoms with Crippen LogP contribution in [-0.2, 0) is 24.3 Å². The van der Waals surface area contributed by atoms with Crippen LogP contribution in [0, 0.1) is 0 Å². The van der Waals surface area contributed by atoms with E-state index in [1.807, 2.05) is 0 Å². The second-order valence-electron chi connectivity index (χ2n) is 5.13. The van der Waals surface area contributed by atoms with Gasteiger partial charge in [-0.1, -0.05) is 0 Å². The van der Waals surface area contributed by atoms with Crippen molar-refractivity contribution >= 4 is 27.9 Å². The van der Waals surface area contributed by atoms with Gasteiger partial charge in [0.25, 0.3) is 0 Å². The highest BCUT2D eigenvalue weighted by Crippen LogP contribution is 2.19. The van der Waals surface area contributed by atoms with Crippen LogP contribution in [0.4, 0.5) is 0 Å². The molecule has 0 spiro atoms. The van der Waals surface area contributed by atoms with E-state index in [0.29, 0.717) is 0 Å². The summed E-state index contributed by atoms with van der Waals surface area (Å²) < 4.78 is 30.8. The third-order valence-corrected chi connectivity index (χ3v) is 5.36. The predicted octanol–water partition coefficient (Wildman–Crippen LogP) is 0.0731. The van der Waals surface area contributed by atoms with Crippen molar-refractivity contribution < 1.29 is 32.6 Å². The molecule has 1 unspecified atom stereocenters. The van der Waals surface area contributed by atoms with Crippen LogP contribution in [0.3, 0.4) is 0 Å². The molecule has 0 heterocycles. The number of hydrogen-bond acceptors (Lipinski definition) is 6. The summed E-state index contributed by atoms with van der Waals surface area (Å²) in [6, 6.07) is 3.61. The summed E-state index contributed by atoms with van der Waals surface area (Å²) >= 11 is 0. The monoisotopic (exact) mass is 372 g/mol. The maximum absolute atomic E-state index is 12.7. The Balaban J connectivity index is 3.14. The van der Waals surface area contributed by atoms with Gasteiger partial charge in [0.05, 0.1) is 17.6 Å². The van der Waals surface area contributed by atoms with Gasteiger partial charge in [0.1, 0.15) is 6.04 Å². The molecule has 0 aromatic heterocycles. The molecule has 1 atom stereocenters. The number of carbonyl (C=O) groups excluding carboxylic acids is 2. The first-order valence-corrected chi connectivity index (χ1v) is 8.72. The number of ether oxygens (including phenoxy) is 1. The van der Waals surface area contributed by atoms with Crippen molar-refractivity contribution in [2.75, 3.05) is 20.2 Å². The molecule has 10 heteroatoms. The number of carbonyl (C=O) groups is 3. The standard InChI is InChI=1S/C15H20N2O7S/c1-10(14(19)20)17(9-8-16-11(2)18)25(22,23)13-6-4-12(5-7-13)15(21)24-3/h4-7,10H,8-9H2,1-3H3,(H,16,18)(H,19,20). The van der Waals surface area contributed by atoms with E-state index in [9.17, 15) is 22.8 Å². The van der Waals surface area contributed by atoms with Crippen LogP contribution in [0.2, 0.25) is 0 Å². The van der Waals surface area contributed by atoms with Gasteiger partial charge < -0.3 is 15.2 Å². The van der Waals surface area contributed by atoms with E-state index in [4.69, 9.17) is 5.11 Å². The highest BCUT2D eigenvalue weighted by Gasteiger charge is 2.32. The largest absolute Gasteiger partial charge is 0.480 e. The fraction of sp³-hybridized carbons (Fsp3) is 0.400. The molecule has 1 rings (SSSR count). The molecule has 0 bridgehead atoms. The van der Waals surface area contributed by atoms with Crippen molar-refractivity contribution in [2.24, 2.45) is 0 Å². The van der Waals surface area contributed by atoms with Crippen LogP contribution < -0.4 is 5.32 Å². The molecule has 25 heavy (non-hydrogen) atoms. The second kappa shape index (κ2) is 8.58. The summed E-state index contributed by atoms with van der Waals surface area (Å²) in [7, 11) is -2.94. The molecule has 0 aliphatic carbocycles. The molecule has 1 aromatic rings. The van der Waals surface area contributed by atoms with Gasteiger partial charge in [-0.2, -0.15) is 4.31 Å². The summed E-state index contributed by atoms with van der Waals surface area (Å²) in [6.07, 6.45) is 0. The Labute approximate surface area is 145 Å². The average Bonchev–Trinajstić information content (AvgIpc) is 2.57. The quantitative estimate of drug-likeness (QED) is 0.618. The summed E-state index contributed by atoms with van der Waals surface area (Å²) in [4.78, 5) is 33.4. The lowest BCUT2D eigenvalue weighted by molar-refractivity contribution is -0.140. The lowest BCUT2D eigenvalue weighted by atomic mass is 10.2. The fourth-order valence-corrected chi connectivity index (χ4v) is 3.59. The van der Waals surface area contributed by atoms with E-state index in [1.54, 1.807) is 0 Å². The molecule has 138 valence electrons. The minimum atomic E-state index is -4.14. The zero-order valence-electron chi connectivity index (χ0n) is 14.1. The average molecular weight is 372 g/mol. The van der Waals surface area contributed by atoms with Gasteiger partial charge in [0, 0.05) is 20.0 Å².